The molecule has 0 atom stereocenters. The Bertz CT molecular complexity index is 846. The standard InChI is InChI=1S/C24H35NO5/c1-14(2)25-21-17(11-9-15(3)10-12-19(26)30-24(5,6)7)22(28-8)16(4)18-13-29-23(27)20(18)21/h9,14,25H,10-13H2,1-8H3/b15-9+. The highest BCUT2D eigenvalue weighted by molar-refractivity contribution is 6.01. The molecule has 1 aromatic carbocycles. The van der Waals surface area contributed by atoms with Crippen LogP contribution in [0.1, 0.15) is 81.4 Å². The third-order valence-electron chi connectivity index (χ3n) is 4.91. The van der Waals surface area contributed by atoms with Gasteiger partial charge < -0.3 is 19.5 Å². The van der Waals surface area contributed by atoms with Crippen LogP contribution in [-0.4, -0.2) is 30.7 Å². The fraction of sp³-hybridized carbons (Fsp3) is 0.583. The van der Waals surface area contributed by atoms with Gasteiger partial charge in [-0.05, 0) is 66.9 Å². The van der Waals surface area contributed by atoms with E-state index in [2.05, 4.69) is 11.4 Å². The lowest BCUT2D eigenvalue weighted by atomic mass is 9.93. The van der Waals surface area contributed by atoms with Crippen molar-refractivity contribution in [1.29, 1.82) is 0 Å². The highest BCUT2D eigenvalue weighted by Crippen LogP contribution is 2.41. The van der Waals surface area contributed by atoms with Gasteiger partial charge in [0.1, 0.15) is 18.0 Å². The largest absolute Gasteiger partial charge is 0.496 e. The topological polar surface area (TPSA) is 73.9 Å². The molecule has 0 fully saturated rings. The number of cyclic esters (lactones) is 1. The molecule has 0 saturated carbocycles. The molecule has 0 aliphatic carbocycles. The Morgan fingerprint density at radius 3 is 2.50 bits per heavy atom. The third kappa shape index (κ3) is 5.77. The first-order chi connectivity index (χ1) is 13.9. The summed E-state index contributed by atoms with van der Waals surface area (Å²) in [6.07, 6.45) is 3.62. The Morgan fingerprint density at radius 2 is 1.93 bits per heavy atom. The molecule has 6 nitrogen and oxygen atoms in total. The minimum Gasteiger partial charge on any atom is -0.496 e. The van der Waals surface area contributed by atoms with E-state index >= 15 is 0 Å². The highest BCUT2D eigenvalue weighted by Gasteiger charge is 2.32. The van der Waals surface area contributed by atoms with Crippen LogP contribution in [0.15, 0.2) is 11.6 Å². The van der Waals surface area contributed by atoms with Gasteiger partial charge in [-0.25, -0.2) is 4.79 Å². The summed E-state index contributed by atoms with van der Waals surface area (Å²) < 4.78 is 16.4. The van der Waals surface area contributed by atoms with E-state index in [1.165, 1.54) is 0 Å². The zero-order valence-electron chi connectivity index (χ0n) is 19.5. The number of fused-ring (bicyclic) bond motifs is 1. The molecule has 0 bridgehead atoms. The number of anilines is 1. The minimum absolute atomic E-state index is 0.144. The molecular formula is C24H35NO5. The van der Waals surface area contributed by atoms with Gasteiger partial charge in [-0.1, -0.05) is 11.6 Å². The average molecular weight is 418 g/mol. The fourth-order valence-electron chi connectivity index (χ4n) is 3.57. The van der Waals surface area contributed by atoms with E-state index in [9.17, 15) is 9.59 Å². The molecule has 1 N–H and O–H groups in total. The zero-order valence-corrected chi connectivity index (χ0v) is 19.5. The van der Waals surface area contributed by atoms with Gasteiger partial charge in [0, 0.05) is 23.6 Å². The lowest BCUT2D eigenvalue weighted by molar-refractivity contribution is -0.154. The first kappa shape index (κ1) is 23.8. The lowest BCUT2D eigenvalue weighted by Gasteiger charge is -2.22. The zero-order chi connectivity index (χ0) is 22.6. The van der Waals surface area contributed by atoms with Crippen molar-refractivity contribution in [1.82, 2.24) is 0 Å². The van der Waals surface area contributed by atoms with Crippen molar-refractivity contribution in [2.24, 2.45) is 0 Å². The van der Waals surface area contributed by atoms with Crippen LogP contribution in [0.2, 0.25) is 0 Å². The summed E-state index contributed by atoms with van der Waals surface area (Å²) in [5.41, 5.74) is 4.74. The van der Waals surface area contributed by atoms with Gasteiger partial charge in [-0.2, -0.15) is 0 Å². The SMILES string of the molecule is COc1c(C)c2c(c(NC(C)C)c1C/C=C(\C)CCC(=O)OC(C)(C)C)C(=O)OC2. The number of methoxy groups -OCH3 is 1. The van der Waals surface area contributed by atoms with Crippen LogP contribution >= 0.6 is 0 Å². The Balaban J connectivity index is 2.31. The van der Waals surface area contributed by atoms with Crippen LogP contribution in [0.5, 0.6) is 5.75 Å². The molecule has 0 unspecified atom stereocenters. The second-order valence-corrected chi connectivity index (χ2v) is 9.08. The minimum atomic E-state index is -0.476. The van der Waals surface area contributed by atoms with E-state index < -0.39 is 5.60 Å². The number of nitrogens with one attached hydrogen (secondary N) is 1. The van der Waals surface area contributed by atoms with Gasteiger partial charge in [0.2, 0.25) is 0 Å². The summed E-state index contributed by atoms with van der Waals surface area (Å²) in [4.78, 5) is 24.4. The Kier molecular flexibility index (Phi) is 7.56. The number of carbonyl (C=O) groups is 2. The van der Waals surface area contributed by atoms with Crippen LogP contribution in [0.3, 0.4) is 0 Å². The van der Waals surface area contributed by atoms with Crippen molar-refractivity contribution < 1.29 is 23.8 Å². The van der Waals surface area contributed by atoms with Crippen LogP contribution < -0.4 is 10.1 Å². The third-order valence-corrected chi connectivity index (χ3v) is 4.91. The van der Waals surface area contributed by atoms with E-state index in [1.807, 2.05) is 48.5 Å². The molecule has 0 amide bonds. The maximum atomic E-state index is 12.4. The Morgan fingerprint density at radius 1 is 1.27 bits per heavy atom. The van der Waals surface area contributed by atoms with Crippen molar-refractivity contribution in [2.75, 3.05) is 12.4 Å². The molecule has 1 aliphatic rings. The first-order valence-corrected chi connectivity index (χ1v) is 10.5. The van der Waals surface area contributed by atoms with Crippen molar-refractivity contribution in [3.05, 3.63) is 33.9 Å². The molecule has 30 heavy (non-hydrogen) atoms. The molecule has 0 saturated heterocycles. The molecule has 1 aliphatic heterocycles. The van der Waals surface area contributed by atoms with Crippen LogP contribution in [0.25, 0.3) is 0 Å². The van der Waals surface area contributed by atoms with Crippen LogP contribution in [-0.2, 0) is 27.3 Å². The number of esters is 2. The number of benzene rings is 1. The average Bonchev–Trinajstić information content (AvgIpc) is 3.01. The Hall–Kier alpha value is -2.50. The highest BCUT2D eigenvalue weighted by atomic mass is 16.6. The number of rotatable bonds is 8. The molecule has 1 heterocycles. The predicted octanol–water partition coefficient (Wildman–Crippen LogP) is 5.11. The molecule has 166 valence electrons. The molecule has 2 rings (SSSR count). The van der Waals surface area contributed by atoms with Crippen molar-refractivity contribution in [2.45, 2.75) is 86.0 Å². The molecule has 6 heteroatoms. The summed E-state index contributed by atoms with van der Waals surface area (Å²) in [7, 11) is 1.65. The summed E-state index contributed by atoms with van der Waals surface area (Å²) in [6.45, 7) is 13.9. The monoisotopic (exact) mass is 417 g/mol. The van der Waals surface area contributed by atoms with Gasteiger partial charge in [-0.15, -0.1) is 0 Å². The number of hydrogen-bond acceptors (Lipinski definition) is 6. The summed E-state index contributed by atoms with van der Waals surface area (Å²) >= 11 is 0. The number of hydrogen-bond donors (Lipinski definition) is 1. The van der Waals surface area contributed by atoms with Gasteiger partial charge in [0.15, 0.2) is 0 Å². The molecule has 0 aromatic heterocycles. The normalized spacial score (nSPS) is 13.9. The molecule has 1 aromatic rings. The quantitative estimate of drug-likeness (QED) is 0.468. The molecule has 0 spiro atoms. The molecular weight excluding hydrogens is 382 g/mol. The van der Waals surface area contributed by atoms with Gasteiger partial charge >= 0.3 is 11.9 Å². The summed E-state index contributed by atoms with van der Waals surface area (Å²) in [6, 6.07) is 0.144. The summed E-state index contributed by atoms with van der Waals surface area (Å²) in [5.74, 6) is 0.267. The van der Waals surface area contributed by atoms with Crippen LogP contribution in [0, 0.1) is 6.92 Å². The van der Waals surface area contributed by atoms with E-state index in [0.717, 1.165) is 33.7 Å². The van der Waals surface area contributed by atoms with E-state index in [4.69, 9.17) is 14.2 Å². The lowest BCUT2D eigenvalue weighted by Crippen LogP contribution is -2.23. The van der Waals surface area contributed by atoms with Crippen LogP contribution in [0.4, 0.5) is 5.69 Å². The Labute approximate surface area is 180 Å². The number of ether oxygens (including phenoxy) is 3. The number of carbonyl (C=O) groups excluding carboxylic acids is 2. The smallest absolute Gasteiger partial charge is 0.341 e. The maximum Gasteiger partial charge on any atom is 0.341 e. The predicted molar refractivity (Wildman–Crippen MR) is 118 cm³/mol. The first-order valence-electron chi connectivity index (χ1n) is 10.5. The number of allylic oxidation sites excluding steroid dienone is 2. The van der Waals surface area contributed by atoms with Gasteiger partial charge in [0.25, 0.3) is 0 Å². The summed E-state index contributed by atoms with van der Waals surface area (Å²) in [5, 5.41) is 3.42. The fourth-order valence-corrected chi connectivity index (χ4v) is 3.57. The van der Waals surface area contributed by atoms with Gasteiger partial charge in [0.05, 0.1) is 18.4 Å². The van der Waals surface area contributed by atoms with Crippen molar-refractivity contribution in [3.63, 3.8) is 0 Å². The second-order valence-electron chi connectivity index (χ2n) is 9.08. The second kappa shape index (κ2) is 9.54. The van der Waals surface area contributed by atoms with Gasteiger partial charge in [-0.3, -0.25) is 4.79 Å². The molecule has 0 radical (unpaired) electrons. The van der Waals surface area contributed by atoms with E-state index in [1.54, 1.807) is 7.11 Å². The van der Waals surface area contributed by atoms with Crippen molar-refractivity contribution in [3.8, 4) is 5.75 Å². The van der Waals surface area contributed by atoms with E-state index in [-0.39, 0.29) is 24.6 Å². The van der Waals surface area contributed by atoms with E-state index in [0.29, 0.717) is 24.8 Å². The maximum absolute atomic E-state index is 12.4. The van der Waals surface area contributed by atoms with Crippen molar-refractivity contribution >= 4 is 17.6 Å².